The van der Waals surface area contributed by atoms with Gasteiger partial charge in [0.1, 0.15) is 0 Å². The lowest BCUT2D eigenvalue weighted by molar-refractivity contribution is 0.112. The summed E-state index contributed by atoms with van der Waals surface area (Å²) in [5.74, 6) is 5.51. The summed E-state index contributed by atoms with van der Waals surface area (Å²) in [6.45, 7) is 3.31. The van der Waals surface area contributed by atoms with Gasteiger partial charge in [-0.3, -0.25) is 11.3 Å². The van der Waals surface area contributed by atoms with E-state index in [4.69, 9.17) is 16.3 Å². The summed E-state index contributed by atoms with van der Waals surface area (Å²) in [4.78, 5) is 0. The molecule has 0 spiro atoms. The second kappa shape index (κ2) is 6.85. The van der Waals surface area contributed by atoms with Crippen molar-refractivity contribution in [3.63, 3.8) is 0 Å². The summed E-state index contributed by atoms with van der Waals surface area (Å²) in [6.07, 6.45) is 0.991. The Kier molecular flexibility index (Phi) is 5.76. The minimum Gasteiger partial charge on any atom is -0.398 e. The van der Waals surface area contributed by atoms with Crippen molar-refractivity contribution in [1.29, 1.82) is 0 Å². The molecule has 5 heteroatoms. The lowest BCUT2D eigenvalue weighted by Crippen LogP contribution is -2.32. The Morgan fingerprint density at radius 1 is 1.50 bits per heavy atom. The first-order valence-corrected chi connectivity index (χ1v) is 6.07. The predicted molar refractivity (Wildman–Crippen MR) is 69.7 cm³/mol. The summed E-state index contributed by atoms with van der Waals surface area (Å²) in [5, 5.41) is 0. The number of ether oxygens (including phenoxy) is 1. The van der Waals surface area contributed by atoms with Gasteiger partial charge < -0.3 is 10.5 Å². The highest BCUT2D eigenvalue weighted by atomic mass is 79.9. The summed E-state index contributed by atoms with van der Waals surface area (Å²) in [7, 11) is 0. The molecule has 0 aliphatic carbocycles. The summed E-state index contributed by atoms with van der Waals surface area (Å²) in [6, 6.07) is 5.63. The molecule has 4 nitrogen and oxygen atoms in total. The van der Waals surface area contributed by atoms with Gasteiger partial charge in [-0.2, -0.15) is 0 Å². The van der Waals surface area contributed by atoms with Crippen LogP contribution in [-0.4, -0.2) is 13.2 Å². The van der Waals surface area contributed by atoms with Gasteiger partial charge in [0.15, 0.2) is 0 Å². The van der Waals surface area contributed by atoms with E-state index in [-0.39, 0.29) is 6.04 Å². The zero-order valence-corrected chi connectivity index (χ0v) is 11.0. The molecule has 1 atom stereocenters. The van der Waals surface area contributed by atoms with Crippen molar-refractivity contribution in [3.05, 3.63) is 28.2 Å². The predicted octanol–water partition coefficient (Wildman–Crippen LogP) is 1.96. The Balaban J connectivity index is 2.73. The van der Waals surface area contributed by atoms with Crippen molar-refractivity contribution in [2.24, 2.45) is 5.84 Å². The molecule has 0 saturated heterocycles. The summed E-state index contributed by atoms with van der Waals surface area (Å²) in [5.41, 5.74) is 10.3. The molecule has 0 saturated carbocycles. The van der Waals surface area contributed by atoms with Gasteiger partial charge in [-0.05, 0) is 30.2 Å². The number of anilines is 1. The third kappa shape index (κ3) is 3.75. The standard InChI is InChI=1S/C11H18BrN3O/c1-2-5-16-7-11(15-14)9-6-8(12)3-4-10(9)13/h3-4,6,11,15H,2,5,7,13-14H2,1H3. The highest BCUT2D eigenvalue weighted by Gasteiger charge is 2.13. The van der Waals surface area contributed by atoms with Crippen LogP contribution in [0.5, 0.6) is 0 Å². The first-order valence-electron chi connectivity index (χ1n) is 5.27. The Morgan fingerprint density at radius 2 is 2.25 bits per heavy atom. The number of hydrogen-bond acceptors (Lipinski definition) is 4. The smallest absolute Gasteiger partial charge is 0.0714 e. The lowest BCUT2D eigenvalue weighted by Gasteiger charge is -2.18. The van der Waals surface area contributed by atoms with Gasteiger partial charge in [0, 0.05) is 16.8 Å². The molecular weight excluding hydrogens is 270 g/mol. The Morgan fingerprint density at radius 3 is 2.88 bits per heavy atom. The molecule has 90 valence electrons. The molecule has 1 aromatic carbocycles. The van der Waals surface area contributed by atoms with E-state index in [1.807, 2.05) is 18.2 Å². The molecule has 0 radical (unpaired) electrons. The quantitative estimate of drug-likeness (QED) is 0.324. The molecule has 1 unspecified atom stereocenters. The van der Waals surface area contributed by atoms with Crippen LogP contribution in [-0.2, 0) is 4.74 Å². The van der Waals surface area contributed by atoms with Crippen LogP contribution in [0.1, 0.15) is 24.9 Å². The van der Waals surface area contributed by atoms with Crippen LogP contribution in [0.2, 0.25) is 0 Å². The average molecular weight is 288 g/mol. The molecule has 16 heavy (non-hydrogen) atoms. The average Bonchev–Trinajstić information content (AvgIpc) is 2.28. The van der Waals surface area contributed by atoms with Crippen molar-refractivity contribution in [2.75, 3.05) is 18.9 Å². The number of hydrazine groups is 1. The van der Waals surface area contributed by atoms with Crippen molar-refractivity contribution in [3.8, 4) is 0 Å². The highest BCUT2D eigenvalue weighted by Crippen LogP contribution is 2.24. The van der Waals surface area contributed by atoms with Gasteiger partial charge >= 0.3 is 0 Å². The van der Waals surface area contributed by atoms with E-state index in [1.54, 1.807) is 0 Å². The van der Waals surface area contributed by atoms with Crippen LogP contribution in [0, 0.1) is 0 Å². The van der Waals surface area contributed by atoms with Crippen LogP contribution in [0.15, 0.2) is 22.7 Å². The molecule has 0 bridgehead atoms. The SMILES string of the molecule is CCCOCC(NN)c1cc(Br)ccc1N. The van der Waals surface area contributed by atoms with Gasteiger partial charge in [-0.1, -0.05) is 22.9 Å². The van der Waals surface area contributed by atoms with Crippen molar-refractivity contribution < 1.29 is 4.74 Å². The maximum atomic E-state index is 5.90. The number of benzene rings is 1. The van der Waals surface area contributed by atoms with Crippen molar-refractivity contribution in [2.45, 2.75) is 19.4 Å². The number of halogens is 1. The molecule has 0 aliphatic rings. The second-order valence-electron chi connectivity index (χ2n) is 3.57. The fourth-order valence-electron chi connectivity index (χ4n) is 1.42. The van der Waals surface area contributed by atoms with Gasteiger partial charge in [-0.25, -0.2) is 0 Å². The number of rotatable bonds is 6. The molecule has 1 aromatic rings. The molecular formula is C11H18BrN3O. The number of nitrogens with one attached hydrogen (secondary N) is 1. The maximum absolute atomic E-state index is 5.90. The summed E-state index contributed by atoms with van der Waals surface area (Å²) < 4.78 is 6.45. The summed E-state index contributed by atoms with van der Waals surface area (Å²) >= 11 is 3.41. The number of nitrogen functional groups attached to an aromatic ring is 1. The van der Waals surface area contributed by atoms with Crippen molar-refractivity contribution in [1.82, 2.24) is 5.43 Å². The third-order valence-electron chi connectivity index (χ3n) is 2.26. The largest absolute Gasteiger partial charge is 0.398 e. The molecule has 0 amide bonds. The van der Waals surface area contributed by atoms with Crippen LogP contribution < -0.4 is 17.0 Å². The zero-order chi connectivity index (χ0) is 12.0. The fourth-order valence-corrected chi connectivity index (χ4v) is 1.80. The Bertz CT molecular complexity index is 333. The normalized spacial score (nSPS) is 12.7. The van der Waals surface area contributed by atoms with Gasteiger partial charge in [0.2, 0.25) is 0 Å². The van der Waals surface area contributed by atoms with Crippen LogP contribution in [0.4, 0.5) is 5.69 Å². The Labute approximate surface area is 104 Å². The third-order valence-corrected chi connectivity index (χ3v) is 2.75. The minimum absolute atomic E-state index is 0.0796. The van der Waals surface area contributed by atoms with Gasteiger partial charge in [-0.15, -0.1) is 0 Å². The molecule has 0 heterocycles. The number of hydrogen-bond donors (Lipinski definition) is 3. The number of nitrogens with two attached hydrogens (primary N) is 2. The molecule has 5 N–H and O–H groups in total. The van der Waals surface area contributed by atoms with E-state index in [0.717, 1.165) is 23.1 Å². The minimum atomic E-state index is -0.0796. The van der Waals surface area contributed by atoms with E-state index in [9.17, 15) is 0 Å². The molecule has 0 fully saturated rings. The fraction of sp³-hybridized carbons (Fsp3) is 0.455. The highest BCUT2D eigenvalue weighted by molar-refractivity contribution is 9.10. The molecule has 1 rings (SSSR count). The van der Waals surface area contributed by atoms with E-state index in [1.165, 1.54) is 0 Å². The van der Waals surface area contributed by atoms with Crippen LogP contribution >= 0.6 is 15.9 Å². The van der Waals surface area contributed by atoms with Gasteiger partial charge in [0.25, 0.3) is 0 Å². The molecule has 0 aromatic heterocycles. The van der Waals surface area contributed by atoms with Crippen LogP contribution in [0.25, 0.3) is 0 Å². The van der Waals surface area contributed by atoms with E-state index >= 15 is 0 Å². The van der Waals surface area contributed by atoms with Gasteiger partial charge in [0.05, 0.1) is 12.6 Å². The van der Waals surface area contributed by atoms with Crippen LogP contribution in [0.3, 0.4) is 0 Å². The van der Waals surface area contributed by atoms with E-state index in [2.05, 4.69) is 28.3 Å². The molecule has 0 aliphatic heterocycles. The zero-order valence-electron chi connectivity index (χ0n) is 9.37. The second-order valence-corrected chi connectivity index (χ2v) is 4.48. The topological polar surface area (TPSA) is 73.3 Å². The first kappa shape index (κ1) is 13.4. The first-order chi connectivity index (χ1) is 7.69. The lowest BCUT2D eigenvalue weighted by atomic mass is 10.1. The van der Waals surface area contributed by atoms with E-state index in [0.29, 0.717) is 12.3 Å². The van der Waals surface area contributed by atoms with E-state index < -0.39 is 0 Å². The monoisotopic (exact) mass is 287 g/mol. The van der Waals surface area contributed by atoms with Crippen molar-refractivity contribution >= 4 is 21.6 Å². The maximum Gasteiger partial charge on any atom is 0.0714 e. The Hall–Kier alpha value is -0.620.